The molecule has 0 unspecified atom stereocenters. The number of nitrogens with two attached hydrogens (primary N) is 1. The van der Waals surface area contributed by atoms with Crippen LogP contribution in [0.5, 0.6) is 5.88 Å². The van der Waals surface area contributed by atoms with Crippen molar-refractivity contribution in [1.29, 1.82) is 0 Å². The average Bonchev–Trinajstić information content (AvgIpc) is 2.79. The summed E-state index contributed by atoms with van der Waals surface area (Å²) in [6.07, 6.45) is 4.95. The Balaban J connectivity index is 1.98. The smallest absolute Gasteiger partial charge is 0.213 e. The van der Waals surface area contributed by atoms with E-state index in [9.17, 15) is 0 Å². The molecule has 0 bridgehead atoms. The Bertz CT molecular complexity index is 412. The maximum absolute atomic E-state index is 5.51. The first kappa shape index (κ1) is 9.73. The summed E-state index contributed by atoms with van der Waals surface area (Å²) in [5.41, 5.74) is 7.50. The van der Waals surface area contributed by atoms with Crippen LogP contribution in [0.15, 0.2) is 41.3 Å². The molecule has 0 amide bonds. The number of furan rings is 1. The lowest BCUT2D eigenvalue weighted by atomic mass is 10.3. The molecule has 2 aromatic heterocycles. The third-order valence-electron chi connectivity index (χ3n) is 2.00. The van der Waals surface area contributed by atoms with Gasteiger partial charge in [-0.15, -0.1) is 0 Å². The van der Waals surface area contributed by atoms with Crippen molar-refractivity contribution in [2.75, 3.05) is 0 Å². The molecule has 4 nitrogen and oxygen atoms in total. The van der Waals surface area contributed by atoms with Crippen molar-refractivity contribution in [2.24, 2.45) is 5.73 Å². The van der Waals surface area contributed by atoms with Crippen LogP contribution in [0.25, 0.3) is 0 Å². The summed E-state index contributed by atoms with van der Waals surface area (Å²) in [4.78, 5) is 4.08. The summed E-state index contributed by atoms with van der Waals surface area (Å²) in [5, 5.41) is 0. The molecule has 0 aliphatic heterocycles. The van der Waals surface area contributed by atoms with Crippen LogP contribution in [0.1, 0.15) is 11.1 Å². The van der Waals surface area contributed by atoms with Crippen LogP contribution < -0.4 is 10.5 Å². The third-order valence-corrected chi connectivity index (χ3v) is 2.00. The zero-order valence-electron chi connectivity index (χ0n) is 8.22. The largest absolute Gasteiger partial charge is 0.473 e. The van der Waals surface area contributed by atoms with E-state index < -0.39 is 0 Å². The van der Waals surface area contributed by atoms with E-state index in [1.54, 1.807) is 18.7 Å². The first-order valence-corrected chi connectivity index (χ1v) is 4.67. The van der Waals surface area contributed by atoms with Crippen molar-refractivity contribution in [3.8, 4) is 5.88 Å². The van der Waals surface area contributed by atoms with Crippen molar-refractivity contribution < 1.29 is 9.15 Å². The molecule has 2 rings (SSSR count). The first-order chi connectivity index (χ1) is 7.38. The Morgan fingerprint density at radius 1 is 1.33 bits per heavy atom. The van der Waals surface area contributed by atoms with E-state index in [-0.39, 0.29) is 0 Å². The van der Waals surface area contributed by atoms with Gasteiger partial charge in [-0.05, 0) is 17.7 Å². The number of pyridine rings is 1. The lowest BCUT2D eigenvalue weighted by Gasteiger charge is -2.04. The molecule has 0 aromatic carbocycles. The zero-order valence-corrected chi connectivity index (χ0v) is 8.22. The summed E-state index contributed by atoms with van der Waals surface area (Å²) in [6.45, 7) is 0.947. The van der Waals surface area contributed by atoms with E-state index in [1.807, 2.05) is 18.2 Å². The molecule has 2 N–H and O–H groups in total. The second kappa shape index (κ2) is 4.61. The normalized spacial score (nSPS) is 10.2. The minimum Gasteiger partial charge on any atom is -0.473 e. The maximum atomic E-state index is 5.51. The van der Waals surface area contributed by atoms with Crippen molar-refractivity contribution in [1.82, 2.24) is 4.98 Å². The van der Waals surface area contributed by atoms with Gasteiger partial charge in [-0.25, -0.2) is 4.98 Å². The molecule has 0 aliphatic carbocycles. The van der Waals surface area contributed by atoms with Gasteiger partial charge in [0.15, 0.2) is 0 Å². The van der Waals surface area contributed by atoms with Crippen LogP contribution in [0.3, 0.4) is 0 Å². The zero-order chi connectivity index (χ0) is 10.5. The van der Waals surface area contributed by atoms with Crippen LogP contribution in [0.2, 0.25) is 0 Å². The van der Waals surface area contributed by atoms with Crippen molar-refractivity contribution in [3.63, 3.8) is 0 Å². The van der Waals surface area contributed by atoms with E-state index >= 15 is 0 Å². The van der Waals surface area contributed by atoms with Gasteiger partial charge in [0.1, 0.15) is 6.61 Å². The van der Waals surface area contributed by atoms with E-state index in [0.717, 1.165) is 11.1 Å². The van der Waals surface area contributed by atoms with Crippen molar-refractivity contribution in [3.05, 3.63) is 48.0 Å². The van der Waals surface area contributed by atoms with Crippen LogP contribution in [0, 0.1) is 0 Å². The standard InChI is InChI=1S/C11H12N2O2/c12-6-9-1-3-13-11(5-9)15-8-10-2-4-14-7-10/h1-5,7H,6,8,12H2. The Hall–Kier alpha value is -1.81. The summed E-state index contributed by atoms with van der Waals surface area (Å²) in [5.74, 6) is 0.583. The Morgan fingerprint density at radius 2 is 2.27 bits per heavy atom. The van der Waals surface area contributed by atoms with Crippen molar-refractivity contribution >= 4 is 0 Å². The Labute approximate surface area is 87.7 Å². The number of nitrogens with zero attached hydrogens (tertiary/aromatic N) is 1. The minimum absolute atomic E-state index is 0.456. The molecular weight excluding hydrogens is 192 g/mol. The van der Waals surface area contributed by atoms with Gasteiger partial charge in [-0.1, -0.05) is 0 Å². The van der Waals surface area contributed by atoms with Gasteiger partial charge < -0.3 is 14.9 Å². The van der Waals surface area contributed by atoms with E-state index in [1.165, 1.54) is 0 Å². The Kier molecular flexibility index (Phi) is 2.99. The maximum Gasteiger partial charge on any atom is 0.213 e. The second-order valence-electron chi connectivity index (χ2n) is 3.13. The van der Waals surface area contributed by atoms with Gasteiger partial charge in [-0.2, -0.15) is 0 Å². The van der Waals surface area contributed by atoms with E-state index in [0.29, 0.717) is 19.0 Å². The predicted octanol–water partition coefficient (Wildman–Crippen LogP) is 1.71. The second-order valence-corrected chi connectivity index (χ2v) is 3.13. The van der Waals surface area contributed by atoms with Crippen LogP contribution >= 0.6 is 0 Å². The lowest BCUT2D eigenvalue weighted by molar-refractivity contribution is 0.292. The highest BCUT2D eigenvalue weighted by atomic mass is 16.5. The fourth-order valence-corrected chi connectivity index (χ4v) is 1.19. The van der Waals surface area contributed by atoms with Gasteiger partial charge in [0.25, 0.3) is 0 Å². The van der Waals surface area contributed by atoms with E-state index in [4.69, 9.17) is 14.9 Å². The number of hydrogen-bond donors (Lipinski definition) is 1. The first-order valence-electron chi connectivity index (χ1n) is 4.67. The predicted molar refractivity (Wildman–Crippen MR) is 55.2 cm³/mol. The fraction of sp³-hybridized carbons (Fsp3) is 0.182. The quantitative estimate of drug-likeness (QED) is 0.823. The molecule has 78 valence electrons. The highest BCUT2D eigenvalue weighted by molar-refractivity contribution is 5.20. The molecule has 0 fully saturated rings. The van der Waals surface area contributed by atoms with Crippen LogP contribution in [0.4, 0.5) is 0 Å². The van der Waals surface area contributed by atoms with E-state index in [2.05, 4.69) is 4.98 Å². The van der Waals surface area contributed by atoms with Crippen LogP contribution in [-0.2, 0) is 13.2 Å². The number of aromatic nitrogens is 1. The minimum atomic E-state index is 0.456. The van der Waals surface area contributed by atoms with Gasteiger partial charge >= 0.3 is 0 Å². The summed E-state index contributed by atoms with van der Waals surface area (Å²) >= 11 is 0. The van der Waals surface area contributed by atoms with Crippen LogP contribution in [-0.4, -0.2) is 4.98 Å². The van der Waals surface area contributed by atoms with Gasteiger partial charge in [-0.3, -0.25) is 0 Å². The third kappa shape index (κ3) is 2.57. The molecule has 0 spiro atoms. The molecule has 0 saturated carbocycles. The molecule has 0 saturated heterocycles. The molecule has 2 heterocycles. The fourth-order valence-electron chi connectivity index (χ4n) is 1.19. The molecule has 4 heteroatoms. The highest BCUT2D eigenvalue weighted by Gasteiger charge is 1.99. The summed E-state index contributed by atoms with van der Waals surface area (Å²) in [6, 6.07) is 5.55. The number of ether oxygens (including phenoxy) is 1. The monoisotopic (exact) mass is 204 g/mol. The van der Waals surface area contributed by atoms with Gasteiger partial charge in [0.2, 0.25) is 5.88 Å². The summed E-state index contributed by atoms with van der Waals surface area (Å²) in [7, 11) is 0. The molecule has 0 atom stereocenters. The number of rotatable bonds is 4. The molecular formula is C11H12N2O2. The topological polar surface area (TPSA) is 61.3 Å². The SMILES string of the molecule is NCc1ccnc(OCc2ccoc2)c1. The molecule has 0 radical (unpaired) electrons. The van der Waals surface area contributed by atoms with Gasteiger partial charge in [0.05, 0.1) is 12.5 Å². The Morgan fingerprint density at radius 3 is 3.00 bits per heavy atom. The molecule has 0 aliphatic rings. The molecule has 2 aromatic rings. The van der Waals surface area contributed by atoms with Gasteiger partial charge in [0, 0.05) is 24.4 Å². The lowest BCUT2D eigenvalue weighted by Crippen LogP contribution is -1.99. The highest BCUT2D eigenvalue weighted by Crippen LogP contribution is 2.11. The molecule has 15 heavy (non-hydrogen) atoms. The average molecular weight is 204 g/mol. The summed E-state index contributed by atoms with van der Waals surface area (Å²) < 4.78 is 10.4. The number of hydrogen-bond acceptors (Lipinski definition) is 4. The van der Waals surface area contributed by atoms with Crippen molar-refractivity contribution in [2.45, 2.75) is 13.2 Å².